The van der Waals surface area contributed by atoms with Gasteiger partial charge in [-0.25, -0.2) is 0 Å². The maximum absolute atomic E-state index is 11.3. The zero-order valence-corrected chi connectivity index (χ0v) is 4.87. The van der Waals surface area contributed by atoms with E-state index < -0.39 is 13.4 Å². The molecule has 0 aliphatic rings. The lowest BCUT2D eigenvalue weighted by Crippen LogP contribution is -2.32. The molecule has 0 saturated heterocycles. The van der Waals surface area contributed by atoms with Gasteiger partial charge in [0.15, 0.2) is 0 Å². The van der Waals surface area contributed by atoms with Crippen LogP contribution in [0, 0.1) is 0 Å². The van der Waals surface area contributed by atoms with Gasteiger partial charge in [0.1, 0.15) is 0 Å². The highest BCUT2D eigenvalue weighted by Crippen LogP contribution is 2.07. The highest BCUT2D eigenvalue weighted by Gasteiger charge is 2.22. The van der Waals surface area contributed by atoms with Crippen LogP contribution >= 0.6 is 0 Å². The summed E-state index contributed by atoms with van der Waals surface area (Å²) in [7, 11) is 2.80. The number of hydrogen-bond acceptors (Lipinski definition) is 1. The number of halogens is 3. The zero-order valence-electron chi connectivity index (χ0n) is 5.87. The van der Waals surface area contributed by atoms with Gasteiger partial charge in [-0.05, 0) is 20.5 Å². The van der Waals surface area contributed by atoms with Gasteiger partial charge in [-0.1, -0.05) is 0 Å². The van der Waals surface area contributed by atoms with Crippen molar-refractivity contribution in [2.45, 2.75) is 0 Å². The molecule has 0 N–H and O–H groups in total. The highest BCUT2D eigenvalue weighted by atomic mass is 19.4. The topological polar surface area (TPSA) is 3.24 Å². The summed E-state index contributed by atoms with van der Waals surface area (Å²) >= 11 is 0. The molecule has 0 aliphatic heterocycles. The first-order valence-electron chi connectivity index (χ1n) is 2.27. The van der Waals surface area contributed by atoms with E-state index in [1.165, 1.54) is 14.1 Å². The molecule has 0 saturated carbocycles. The second-order valence-corrected chi connectivity index (χ2v) is 1.97. The van der Waals surface area contributed by atoms with Gasteiger partial charge in [-0.15, -0.1) is 0 Å². The van der Waals surface area contributed by atoms with Crippen molar-refractivity contribution in [1.82, 2.24) is 4.90 Å². The minimum Gasteiger partial charge on any atom is -0.448 e. The Bertz CT molecular complexity index is 73.9. The summed E-state index contributed by atoms with van der Waals surface area (Å²) in [6, 6.07) is 0. The van der Waals surface area contributed by atoms with Crippen LogP contribution in [0.4, 0.5) is 12.9 Å². The third-order valence-electron chi connectivity index (χ3n) is 0.572. The molecule has 1 nitrogen and oxygen atoms in total. The maximum Gasteiger partial charge on any atom is 1.00 e. The van der Waals surface area contributed by atoms with E-state index >= 15 is 0 Å². The van der Waals surface area contributed by atoms with Gasteiger partial charge in [-0.3, -0.25) is 0 Å². The summed E-state index contributed by atoms with van der Waals surface area (Å²) in [5.41, 5.74) is 0. The summed E-state index contributed by atoms with van der Waals surface area (Å²) in [5, 5.41) is 0. The van der Waals surface area contributed by atoms with Crippen molar-refractivity contribution in [3.8, 4) is 0 Å². The second-order valence-electron chi connectivity index (χ2n) is 1.97. The molecule has 0 aromatic carbocycles. The van der Waals surface area contributed by atoms with E-state index in [0.29, 0.717) is 0 Å². The van der Waals surface area contributed by atoms with E-state index in [1.54, 1.807) is 0 Å². The predicted octanol–water partition coefficient (Wildman–Crippen LogP) is 1.05. The molecule has 0 amide bonds. The monoisotopic (exact) mass is 127 g/mol. The third kappa shape index (κ3) is 5.81. The summed E-state index contributed by atoms with van der Waals surface area (Å²) in [6.07, 6.45) is -0.778. The van der Waals surface area contributed by atoms with Gasteiger partial charge in [0.25, 0.3) is 0 Å². The molecule has 0 atom stereocenters. The molecular weight excluding hydrogens is 118 g/mol. The lowest BCUT2D eigenvalue weighted by Gasteiger charge is -2.18. The van der Waals surface area contributed by atoms with E-state index in [2.05, 4.69) is 0 Å². The zero-order chi connectivity index (χ0) is 6.78. The normalized spacial score (nSPS) is 12.8. The van der Waals surface area contributed by atoms with Crippen molar-refractivity contribution in [3.05, 3.63) is 0 Å². The molecule has 50 valence electrons. The molecule has 0 radical (unpaired) electrons. The molecule has 0 heterocycles. The average Bonchev–Trinajstić information content (AvgIpc) is 1.21. The molecule has 0 aromatic heterocycles. The molecular formula is C3H9BF3N. The molecule has 0 unspecified atom stereocenters. The van der Waals surface area contributed by atoms with E-state index in [9.17, 15) is 12.9 Å². The van der Waals surface area contributed by atoms with Crippen LogP contribution in [-0.2, 0) is 0 Å². The maximum atomic E-state index is 11.3. The highest BCUT2D eigenvalue weighted by molar-refractivity contribution is 6.58. The van der Waals surface area contributed by atoms with Crippen molar-refractivity contribution in [1.29, 1.82) is 0 Å². The Hall–Kier alpha value is -0.185. The largest absolute Gasteiger partial charge is 1.00 e. The van der Waals surface area contributed by atoms with E-state index in [0.717, 1.165) is 4.90 Å². The Morgan fingerprint density at radius 2 is 1.75 bits per heavy atom. The molecule has 0 aliphatic carbocycles. The Kier molecular flexibility index (Phi) is 2.34. The van der Waals surface area contributed by atoms with Gasteiger partial charge in [0.05, 0.1) is 0 Å². The predicted molar refractivity (Wildman–Crippen MR) is 28.7 cm³/mol. The Morgan fingerprint density at radius 1 is 1.38 bits per heavy atom. The Morgan fingerprint density at radius 3 is 1.75 bits per heavy atom. The van der Waals surface area contributed by atoms with Gasteiger partial charge in [0, 0.05) is 0 Å². The third-order valence-corrected chi connectivity index (χ3v) is 0.572. The molecule has 0 aromatic rings. The molecule has 0 bridgehead atoms. The first-order chi connectivity index (χ1) is 3.42. The van der Waals surface area contributed by atoms with Crippen LogP contribution in [0.1, 0.15) is 1.43 Å². The van der Waals surface area contributed by atoms with Gasteiger partial charge in [0.2, 0.25) is 0 Å². The van der Waals surface area contributed by atoms with Gasteiger partial charge in [-0.2, -0.15) is 0 Å². The van der Waals surface area contributed by atoms with Crippen molar-refractivity contribution < 1.29 is 14.4 Å². The van der Waals surface area contributed by atoms with Crippen molar-refractivity contribution in [2.75, 3.05) is 20.5 Å². The molecule has 8 heavy (non-hydrogen) atoms. The molecule has 0 fully saturated rings. The van der Waals surface area contributed by atoms with Gasteiger partial charge >= 0.3 is 8.40 Å². The lowest BCUT2D eigenvalue weighted by molar-refractivity contribution is 0.376. The summed E-state index contributed by atoms with van der Waals surface area (Å²) in [6.45, 7) is -4.61. The van der Waals surface area contributed by atoms with Crippen molar-refractivity contribution >= 4 is 6.98 Å². The molecule has 0 rings (SSSR count). The van der Waals surface area contributed by atoms with Crippen molar-refractivity contribution in [3.63, 3.8) is 0 Å². The van der Waals surface area contributed by atoms with Crippen LogP contribution in [0.15, 0.2) is 0 Å². The number of hydrogen-bond donors (Lipinski definition) is 0. The fourth-order valence-corrected chi connectivity index (χ4v) is 0.414. The SMILES string of the molecule is CN(C)C[B-](F)(F)F.[H+]. The van der Waals surface area contributed by atoms with E-state index in [4.69, 9.17) is 0 Å². The van der Waals surface area contributed by atoms with Crippen LogP contribution in [0.25, 0.3) is 0 Å². The van der Waals surface area contributed by atoms with Gasteiger partial charge < -0.3 is 17.8 Å². The van der Waals surface area contributed by atoms with Crippen LogP contribution in [0.5, 0.6) is 0 Å². The minimum absolute atomic E-state index is 0. The average molecular weight is 127 g/mol. The summed E-state index contributed by atoms with van der Waals surface area (Å²) in [5.74, 6) is 0. The van der Waals surface area contributed by atoms with Crippen LogP contribution in [0.3, 0.4) is 0 Å². The smallest absolute Gasteiger partial charge is 0.448 e. The first kappa shape index (κ1) is 7.81. The van der Waals surface area contributed by atoms with Crippen LogP contribution in [0.2, 0.25) is 0 Å². The minimum atomic E-state index is -4.61. The summed E-state index contributed by atoms with van der Waals surface area (Å²) in [4.78, 5) is 1.11. The Balaban J connectivity index is 0. The Labute approximate surface area is 48.0 Å². The van der Waals surface area contributed by atoms with E-state index in [-0.39, 0.29) is 1.43 Å². The van der Waals surface area contributed by atoms with Crippen molar-refractivity contribution in [2.24, 2.45) is 0 Å². The molecule has 5 heteroatoms. The first-order valence-corrected chi connectivity index (χ1v) is 2.27. The lowest BCUT2D eigenvalue weighted by atomic mass is 9.92. The van der Waals surface area contributed by atoms with E-state index in [1.807, 2.05) is 0 Å². The molecule has 0 spiro atoms. The summed E-state index contributed by atoms with van der Waals surface area (Å²) < 4.78 is 34.0. The van der Waals surface area contributed by atoms with Crippen LogP contribution in [-0.4, -0.2) is 32.4 Å². The van der Waals surface area contributed by atoms with Crippen LogP contribution < -0.4 is 0 Å². The fourth-order valence-electron chi connectivity index (χ4n) is 0.414. The number of nitrogens with zero attached hydrogens (tertiary/aromatic N) is 1. The standard InChI is InChI=1S/C3H8BF3N/c1-8(2)3-4(5,6)7/h3H2,1-2H3/q-1/p+1. The quantitative estimate of drug-likeness (QED) is 0.501. The second kappa shape index (κ2) is 2.39. The number of rotatable bonds is 2. The fraction of sp³-hybridized carbons (Fsp3) is 1.00.